The van der Waals surface area contributed by atoms with Gasteiger partial charge in [-0.15, -0.1) is 0 Å². The monoisotopic (exact) mass is 260 g/mol. The van der Waals surface area contributed by atoms with Crippen LogP contribution in [0.3, 0.4) is 0 Å². The van der Waals surface area contributed by atoms with Gasteiger partial charge in [0.1, 0.15) is 0 Å². The van der Waals surface area contributed by atoms with Crippen molar-refractivity contribution in [2.45, 2.75) is 25.8 Å². The van der Waals surface area contributed by atoms with E-state index in [0.717, 1.165) is 23.7 Å². The van der Waals surface area contributed by atoms with E-state index in [1.54, 1.807) is 12.1 Å². The van der Waals surface area contributed by atoms with Crippen molar-refractivity contribution >= 4 is 11.7 Å². The molecule has 3 fully saturated rings. The number of hydrogen-bond donors (Lipinski definition) is 2. The van der Waals surface area contributed by atoms with Crippen molar-refractivity contribution in [1.82, 2.24) is 4.90 Å². The number of benzene rings is 1. The average molecular weight is 260 g/mol. The van der Waals surface area contributed by atoms with Crippen LogP contribution in [-0.2, 0) is 0 Å². The van der Waals surface area contributed by atoms with Crippen LogP contribution < -0.4 is 5.32 Å². The minimum atomic E-state index is -0.863. The van der Waals surface area contributed by atoms with E-state index >= 15 is 0 Å². The number of carboxylic acid groups (broad SMARTS) is 1. The normalized spacial score (nSPS) is 29.2. The highest BCUT2D eigenvalue weighted by atomic mass is 16.4. The topological polar surface area (TPSA) is 52.6 Å². The molecule has 1 aromatic carbocycles. The number of hydrogen-bond acceptors (Lipinski definition) is 3. The minimum absolute atomic E-state index is 0.358. The second kappa shape index (κ2) is 4.85. The summed E-state index contributed by atoms with van der Waals surface area (Å²) in [6.45, 7) is 5.56. The molecular formula is C15H20N2O2. The second-order valence-electron chi connectivity index (χ2n) is 5.72. The van der Waals surface area contributed by atoms with E-state index in [2.05, 4.69) is 10.2 Å². The third kappa shape index (κ3) is 2.45. The number of nitrogens with zero attached hydrogens (tertiary/aromatic N) is 1. The van der Waals surface area contributed by atoms with Gasteiger partial charge in [0.25, 0.3) is 0 Å². The summed E-state index contributed by atoms with van der Waals surface area (Å²) in [7, 11) is 0. The highest BCUT2D eigenvalue weighted by Gasteiger charge is 2.34. The Morgan fingerprint density at radius 3 is 2.63 bits per heavy atom. The van der Waals surface area contributed by atoms with Gasteiger partial charge in [-0.05, 0) is 62.5 Å². The fourth-order valence-corrected chi connectivity index (χ4v) is 3.29. The molecule has 1 unspecified atom stereocenters. The Morgan fingerprint density at radius 2 is 2.11 bits per heavy atom. The predicted octanol–water partition coefficient (Wildman–Crippen LogP) is 2.20. The number of carboxylic acids is 1. The summed E-state index contributed by atoms with van der Waals surface area (Å²) in [4.78, 5) is 13.4. The molecule has 0 saturated carbocycles. The fourth-order valence-electron chi connectivity index (χ4n) is 3.29. The summed E-state index contributed by atoms with van der Waals surface area (Å²) in [6.07, 6.45) is 2.56. The Kier molecular flexibility index (Phi) is 3.19. The highest BCUT2D eigenvalue weighted by molar-refractivity contribution is 5.88. The number of piperidine rings is 3. The molecule has 0 spiro atoms. The van der Waals surface area contributed by atoms with Gasteiger partial charge in [0.2, 0.25) is 0 Å². The third-order valence-electron chi connectivity index (χ3n) is 4.47. The van der Waals surface area contributed by atoms with Gasteiger partial charge in [-0.2, -0.15) is 0 Å². The van der Waals surface area contributed by atoms with Crippen LogP contribution in [0.4, 0.5) is 5.69 Å². The Hall–Kier alpha value is -1.55. The lowest BCUT2D eigenvalue weighted by atomic mass is 9.84. The third-order valence-corrected chi connectivity index (χ3v) is 4.47. The van der Waals surface area contributed by atoms with Crippen molar-refractivity contribution in [1.29, 1.82) is 0 Å². The molecule has 1 atom stereocenters. The molecule has 2 N–H and O–H groups in total. The van der Waals surface area contributed by atoms with Crippen LogP contribution >= 0.6 is 0 Å². The van der Waals surface area contributed by atoms with Crippen molar-refractivity contribution < 1.29 is 9.90 Å². The van der Waals surface area contributed by atoms with Crippen LogP contribution in [0.1, 0.15) is 28.8 Å². The van der Waals surface area contributed by atoms with Gasteiger partial charge in [0, 0.05) is 18.3 Å². The van der Waals surface area contributed by atoms with Gasteiger partial charge in [-0.25, -0.2) is 4.79 Å². The molecule has 3 aliphatic rings. The number of anilines is 1. The molecule has 0 aliphatic carbocycles. The van der Waals surface area contributed by atoms with Crippen LogP contribution in [-0.4, -0.2) is 41.7 Å². The largest absolute Gasteiger partial charge is 0.478 e. The second-order valence-corrected chi connectivity index (χ2v) is 5.72. The van der Waals surface area contributed by atoms with Crippen molar-refractivity contribution in [3.8, 4) is 0 Å². The fraction of sp³-hybridized carbons (Fsp3) is 0.533. The average Bonchev–Trinajstić information content (AvgIpc) is 2.42. The molecule has 0 radical (unpaired) electrons. The van der Waals surface area contributed by atoms with Gasteiger partial charge < -0.3 is 15.3 Å². The lowest BCUT2D eigenvalue weighted by Gasteiger charge is -2.45. The van der Waals surface area contributed by atoms with Crippen molar-refractivity contribution in [2.75, 3.05) is 25.0 Å². The van der Waals surface area contributed by atoms with E-state index in [0.29, 0.717) is 11.6 Å². The van der Waals surface area contributed by atoms with Gasteiger partial charge in [0.15, 0.2) is 0 Å². The maximum Gasteiger partial charge on any atom is 0.335 e. The Bertz CT molecular complexity index is 493. The van der Waals surface area contributed by atoms with E-state index in [-0.39, 0.29) is 0 Å². The molecule has 3 aliphatic heterocycles. The zero-order valence-corrected chi connectivity index (χ0v) is 11.2. The maximum absolute atomic E-state index is 10.9. The quantitative estimate of drug-likeness (QED) is 0.875. The molecular weight excluding hydrogens is 240 g/mol. The predicted molar refractivity (Wildman–Crippen MR) is 74.7 cm³/mol. The summed E-state index contributed by atoms with van der Waals surface area (Å²) >= 11 is 0. The Balaban J connectivity index is 1.75. The number of fused-ring (bicyclic) bond motifs is 3. The lowest BCUT2D eigenvalue weighted by Crippen LogP contribution is -2.53. The van der Waals surface area contributed by atoms with Crippen LogP contribution in [0, 0.1) is 12.8 Å². The molecule has 4 heteroatoms. The smallest absolute Gasteiger partial charge is 0.335 e. The molecule has 102 valence electrons. The van der Waals surface area contributed by atoms with Gasteiger partial charge >= 0.3 is 5.97 Å². The zero-order valence-electron chi connectivity index (χ0n) is 11.2. The molecule has 0 aromatic heterocycles. The van der Waals surface area contributed by atoms with E-state index < -0.39 is 5.97 Å². The van der Waals surface area contributed by atoms with Crippen LogP contribution in [0.15, 0.2) is 18.2 Å². The standard InChI is InChI=1S/C15H20N2O2/c1-10-8-12(15(18)19)2-3-13(10)16-14-9-17-6-4-11(14)5-7-17/h2-3,8,11,14,16H,4-7,9H2,1H3,(H,18,19). The van der Waals surface area contributed by atoms with Crippen LogP contribution in [0.2, 0.25) is 0 Å². The van der Waals surface area contributed by atoms with Crippen LogP contribution in [0.5, 0.6) is 0 Å². The summed E-state index contributed by atoms with van der Waals surface area (Å²) in [5, 5.41) is 12.6. The minimum Gasteiger partial charge on any atom is -0.478 e. The number of aryl methyl sites for hydroxylation is 1. The van der Waals surface area contributed by atoms with Crippen molar-refractivity contribution in [2.24, 2.45) is 5.92 Å². The molecule has 3 heterocycles. The van der Waals surface area contributed by atoms with E-state index in [4.69, 9.17) is 5.11 Å². The summed E-state index contributed by atoms with van der Waals surface area (Å²) in [5.41, 5.74) is 2.44. The van der Waals surface area contributed by atoms with Gasteiger partial charge in [-0.3, -0.25) is 0 Å². The number of carbonyl (C=O) groups is 1. The molecule has 4 nitrogen and oxygen atoms in total. The molecule has 1 aromatic rings. The maximum atomic E-state index is 10.9. The number of rotatable bonds is 3. The first kappa shape index (κ1) is 12.5. The molecule has 2 bridgehead atoms. The first-order valence-electron chi connectivity index (χ1n) is 6.96. The first-order valence-corrected chi connectivity index (χ1v) is 6.96. The summed E-state index contributed by atoms with van der Waals surface area (Å²) < 4.78 is 0. The van der Waals surface area contributed by atoms with E-state index in [9.17, 15) is 4.79 Å². The number of nitrogens with one attached hydrogen (secondary N) is 1. The van der Waals surface area contributed by atoms with Crippen molar-refractivity contribution in [3.05, 3.63) is 29.3 Å². The van der Waals surface area contributed by atoms with Crippen LogP contribution in [0.25, 0.3) is 0 Å². The first-order chi connectivity index (χ1) is 9.13. The SMILES string of the molecule is Cc1cc(C(=O)O)ccc1NC1CN2CCC1CC2. The summed E-state index contributed by atoms with van der Waals surface area (Å²) in [5.74, 6) is -0.0963. The zero-order chi connectivity index (χ0) is 13.4. The van der Waals surface area contributed by atoms with Gasteiger partial charge in [0.05, 0.1) is 5.56 Å². The van der Waals surface area contributed by atoms with Crippen molar-refractivity contribution in [3.63, 3.8) is 0 Å². The van der Waals surface area contributed by atoms with E-state index in [1.807, 2.05) is 13.0 Å². The molecule has 4 rings (SSSR count). The van der Waals surface area contributed by atoms with E-state index in [1.165, 1.54) is 25.9 Å². The highest BCUT2D eigenvalue weighted by Crippen LogP contribution is 2.30. The summed E-state index contributed by atoms with van der Waals surface area (Å²) in [6, 6.07) is 5.83. The lowest BCUT2D eigenvalue weighted by molar-refractivity contribution is 0.0697. The molecule has 0 amide bonds. The number of aromatic carboxylic acids is 1. The molecule has 3 saturated heterocycles. The van der Waals surface area contributed by atoms with Gasteiger partial charge in [-0.1, -0.05) is 0 Å². The Morgan fingerprint density at radius 1 is 1.37 bits per heavy atom. The Labute approximate surface area is 113 Å². The molecule has 19 heavy (non-hydrogen) atoms.